The molecular formula is C13H16N2O3S. The van der Waals surface area contributed by atoms with Gasteiger partial charge >= 0.3 is 0 Å². The van der Waals surface area contributed by atoms with Crippen molar-refractivity contribution in [2.24, 2.45) is 0 Å². The molecule has 2 atom stereocenters. The van der Waals surface area contributed by atoms with Crippen LogP contribution in [0.3, 0.4) is 0 Å². The van der Waals surface area contributed by atoms with Gasteiger partial charge in [0, 0.05) is 19.0 Å². The minimum atomic E-state index is -3.35. The molecule has 3 rings (SSSR count). The number of sulfonamides is 1. The first-order valence-electron chi connectivity index (χ1n) is 6.39. The Kier molecular flexibility index (Phi) is 3.06. The van der Waals surface area contributed by atoms with Gasteiger partial charge in [0.05, 0.1) is 11.8 Å². The average Bonchev–Trinajstić information content (AvgIpc) is 2.88. The highest BCUT2D eigenvalue weighted by atomic mass is 32.2. The van der Waals surface area contributed by atoms with Crippen LogP contribution in [0.4, 0.5) is 0 Å². The summed E-state index contributed by atoms with van der Waals surface area (Å²) in [7, 11) is -3.35. The summed E-state index contributed by atoms with van der Waals surface area (Å²) in [4.78, 5) is 11.4. The van der Waals surface area contributed by atoms with E-state index in [4.69, 9.17) is 0 Å². The van der Waals surface area contributed by atoms with Gasteiger partial charge in [0.15, 0.2) is 0 Å². The largest absolute Gasteiger partial charge is 0.352 e. The van der Waals surface area contributed by atoms with Crippen LogP contribution < -0.4 is 5.32 Å². The van der Waals surface area contributed by atoms with Crippen molar-refractivity contribution < 1.29 is 13.2 Å². The smallest absolute Gasteiger partial charge is 0.221 e. The predicted octanol–water partition coefficient (Wildman–Crippen LogP) is 0.479. The third kappa shape index (κ3) is 2.37. The van der Waals surface area contributed by atoms with E-state index in [1.165, 1.54) is 4.31 Å². The third-order valence-electron chi connectivity index (χ3n) is 3.78. The lowest BCUT2D eigenvalue weighted by atomic mass is 10.1. The van der Waals surface area contributed by atoms with Gasteiger partial charge in [-0.05, 0) is 12.0 Å². The van der Waals surface area contributed by atoms with Crippen LogP contribution in [0.15, 0.2) is 30.3 Å². The van der Waals surface area contributed by atoms with Crippen molar-refractivity contribution in [3.63, 3.8) is 0 Å². The van der Waals surface area contributed by atoms with Crippen LogP contribution in [0.5, 0.6) is 0 Å². The van der Waals surface area contributed by atoms with Crippen LogP contribution in [0.25, 0.3) is 0 Å². The molecule has 6 heteroatoms. The second-order valence-corrected chi connectivity index (χ2v) is 7.01. The second-order valence-electron chi connectivity index (χ2n) is 5.09. The molecule has 1 N–H and O–H groups in total. The Morgan fingerprint density at radius 3 is 2.74 bits per heavy atom. The van der Waals surface area contributed by atoms with Crippen LogP contribution in [-0.4, -0.2) is 37.3 Å². The number of nitrogens with zero attached hydrogens (tertiary/aromatic N) is 1. The summed E-state index contributed by atoms with van der Waals surface area (Å²) in [5.74, 6) is -0.0414. The van der Waals surface area contributed by atoms with Crippen LogP contribution in [0, 0.1) is 0 Å². The van der Waals surface area contributed by atoms with Gasteiger partial charge in [0.1, 0.15) is 0 Å². The van der Waals surface area contributed by atoms with E-state index in [-0.39, 0.29) is 23.7 Å². The zero-order chi connectivity index (χ0) is 13.5. The monoisotopic (exact) mass is 280 g/mol. The predicted molar refractivity (Wildman–Crippen MR) is 70.7 cm³/mol. The molecule has 0 aliphatic carbocycles. The lowest BCUT2D eigenvalue weighted by molar-refractivity contribution is -0.119. The molecule has 1 aromatic carbocycles. The van der Waals surface area contributed by atoms with Crippen molar-refractivity contribution in [3.05, 3.63) is 35.9 Å². The summed E-state index contributed by atoms with van der Waals surface area (Å²) in [6.45, 7) is 0.505. The van der Waals surface area contributed by atoms with Crippen molar-refractivity contribution in [2.45, 2.75) is 30.7 Å². The molecule has 19 heavy (non-hydrogen) atoms. The molecule has 0 aromatic heterocycles. The molecule has 0 saturated carbocycles. The summed E-state index contributed by atoms with van der Waals surface area (Å²) in [5, 5.41) is 2.84. The van der Waals surface area contributed by atoms with Crippen LogP contribution in [-0.2, 0) is 20.6 Å². The fourth-order valence-corrected chi connectivity index (χ4v) is 4.70. The number of nitrogens with one attached hydrogen (secondary N) is 1. The second kappa shape index (κ2) is 4.61. The third-order valence-corrected chi connectivity index (χ3v) is 5.65. The number of fused-ring (bicyclic) bond motifs is 1. The molecule has 2 fully saturated rings. The van der Waals surface area contributed by atoms with E-state index in [1.807, 2.05) is 30.3 Å². The average molecular weight is 280 g/mol. The molecule has 0 spiro atoms. The molecule has 2 saturated heterocycles. The maximum atomic E-state index is 12.4. The summed E-state index contributed by atoms with van der Waals surface area (Å²) in [6, 6.07) is 8.95. The number of hydrogen-bond donors (Lipinski definition) is 1. The highest BCUT2D eigenvalue weighted by molar-refractivity contribution is 7.88. The molecule has 0 bridgehead atoms. The van der Waals surface area contributed by atoms with Gasteiger partial charge < -0.3 is 5.32 Å². The van der Waals surface area contributed by atoms with Crippen LogP contribution in [0.1, 0.15) is 18.4 Å². The number of amides is 1. The lowest BCUT2D eigenvalue weighted by Crippen LogP contribution is -2.39. The van der Waals surface area contributed by atoms with Gasteiger partial charge in [-0.2, -0.15) is 4.31 Å². The minimum Gasteiger partial charge on any atom is -0.352 e. The van der Waals surface area contributed by atoms with E-state index in [2.05, 4.69) is 5.32 Å². The van der Waals surface area contributed by atoms with Gasteiger partial charge in [0.2, 0.25) is 15.9 Å². The maximum Gasteiger partial charge on any atom is 0.221 e. The fraction of sp³-hybridized carbons (Fsp3) is 0.462. The van der Waals surface area contributed by atoms with E-state index in [9.17, 15) is 13.2 Å². The standard InChI is InChI=1S/C13H16N2O3S/c16-13-8-12-11(14-13)6-7-15(12)19(17,18)9-10-4-2-1-3-5-10/h1-5,11-12H,6-9H2,(H,14,16)/t11-,12-/m1/s1. The van der Waals surface area contributed by atoms with E-state index < -0.39 is 10.0 Å². The number of carbonyl (C=O) groups excluding carboxylic acids is 1. The zero-order valence-corrected chi connectivity index (χ0v) is 11.3. The van der Waals surface area contributed by atoms with E-state index in [0.29, 0.717) is 19.4 Å². The van der Waals surface area contributed by atoms with Gasteiger partial charge in [0.25, 0.3) is 0 Å². The Morgan fingerprint density at radius 2 is 2.00 bits per heavy atom. The highest BCUT2D eigenvalue weighted by Gasteiger charge is 2.46. The SMILES string of the molecule is O=C1C[C@@H]2[C@@H](CCN2S(=O)(=O)Cc2ccccc2)N1. The maximum absolute atomic E-state index is 12.4. The molecule has 0 unspecified atom stereocenters. The Bertz CT molecular complexity index is 585. The molecule has 2 aliphatic heterocycles. The lowest BCUT2D eigenvalue weighted by Gasteiger charge is -2.22. The number of hydrogen-bond acceptors (Lipinski definition) is 3. The molecule has 1 aromatic rings. The van der Waals surface area contributed by atoms with Gasteiger partial charge in [-0.3, -0.25) is 4.79 Å². The normalized spacial score (nSPS) is 27.3. The summed E-state index contributed by atoms with van der Waals surface area (Å²) < 4.78 is 26.4. The molecule has 102 valence electrons. The zero-order valence-electron chi connectivity index (χ0n) is 10.5. The number of carbonyl (C=O) groups is 1. The molecule has 2 heterocycles. The summed E-state index contributed by atoms with van der Waals surface area (Å²) >= 11 is 0. The Labute approximate surface area is 112 Å². The molecule has 5 nitrogen and oxygen atoms in total. The quantitative estimate of drug-likeness (QED) is 0.875. The fourth-order valence-electron chi connectivity index (χ4n) is 2.91. The van der Waals surface area contributed by atoms with E-state index in [0.717, 1.165) is 5.56 Å². The van der Waals surface area contributed by atoms with Crippen molar-refractivity contribution in [3.8, 4) is 0 Å². The van der Waals surface area contributed by atoms with Gasteiger partial charge in [-0.25, -0.2) is 8.42 Å². The molecule has 2 aliphatic rings. The van der Waals surface area contributed by atoms with Crippen molar-refractivity contribution >= 4 is 15.9 Å². The number of benzene rings is 1. The molecule has 0 radical (unpaired) electrons. The first kappa shape index (κ1) is 12.6. The van der Waals surface area contributed by atoms with Gasteiger partial charge in [-0.15, -0.1) is 0 Å². The van der Waals surface area contributed by atoms with Crippen molar-refractivity contribution in [1.29, 1.82) is 0 Å². The first-order valence-corrected chi connectivity index (χ1v) is 8.00. The molecular weight excluding hydrogens is 264 g/mol. The Balaban J connectivity index is 1.80. The van der Waals surface area contributed by atoms with Crippen LogP contribution in [0.2, 0.25) is 0 Å². The van der Waals surface area contributed by atoms with Crippen molar-refractivity contribution in [1.82, 2.24) is 9.62 Å². The van der Waals surface area contributed by atoms with E-state index >= 15 is 0 Å². The van der Waals surface area contributed by atoms with E-state index in [1.54, 1.807) is 0 Å². The summed E-state index contributed by atoms with van der Waals surface area (Å²) in [6.07, 6.45) is 1.00. The topological polar surface area (TPSA) is 66.5 Å². The Hall–Kier alpha value is -1.40. The Morgan fingerprint density at radius 1 is 1.26 bits per heavy atom. The summed E-state index contributed by atoms with van der Waals surface area (Å²) in [5.41, 5.74) is 0.781. The molecule has 1 amide bonds. The number of rotatable bonds is 3. The van der Waals surface area contributed by atoms with Crippen LogP contribution >= 0.6 is 0 Å². The van der Waals surface area contributed by atoms with Gasteiger partial charge in [-0.1, -0.05) is 30.3 Å². The van der Waals surface area contributed by atoms with Crippen molar-refractivity contribution in [2.75, 3.05) is 6.54 Å². The highest BCUT2D eigenvalue weighted by Crippen LogP contribution is 2.29. The minimum absolute atomic E-state index is 0.00181. The first-order chi connectivity index (χ1) is 9.06.